The summed E-state index contributed by atoms with van der Waals surface area (Å²) in [4.78, 5) is 2.41. The summed E-state index contributed by atoms with van der Waals surface area (Å²) in [5.74, 6) is 0.318. The summed E-state index contributed by atoms with van der Waals surface area (Å²) in [5.41, 5.74) is 0.814. The third kappa shape index (κ3) is 3.91. The molecule has 1 fully saturated rings. The average Bonchev–Trinajstić information content (AvgIpc) is 2.38. The van der Waals surface area contributed by atoms with Gasteiger partial charge in [-0.15, -0.1) is 0 Å². The number of para-hydroxylation sites is 2. The van der Waals surface area contributed by atoms with E-state index in [-0.39, 0.29) is 0 Å². The van der Waals surface area contributed by atoms with Crippen molar-refractivity contribution in [1.82, 2.24) is 4.90 Å². The monoisotopic (exact) mass is 236 g/mol. The Labute approximate surface area is 102 Å². The summed E-state index contributed by atoms with van der Waals surface area (Å²) in [6, 6.07) is 7.34. The lowest BCUT2D eigenvalue weighted by atomic mass is 10.3. The number of hydrogen-bond acceptors (Lipinski definition) is 4. The Kier molecular flexibility index (Phi) is 4.64. The van der Waals surface area contributed by atoms with Gasteiger partial charge in [-0.3, -0.25) is 4.90 Å². The molecule has 4 heteroatoms. The zero-order valence-corrected chi connectivity index (χ0v) is 10.1. The fraction of sp³-hybridized carbons (Fsp3) is 0.538. The van der Waals surface area contributed by atoms with Crippen molar-refractivity contribution in [2.24, 2.45) is 0 Å². The van der Waals surface area contributed by atoms with E-state index in [1.807, 2.05) is 18.2 Å². The normalized spacial score (nSPS) is 16.9. The standard InChI is InChI=1S/C13H20N2O2/c16-13-5-2-1-4-12(13)14-6-3-7-15-8-10-17-11-9-15/h1-2,4-5,14,16H,3,6-11H2. The first-order valence-electron chi connectivity index (χ1n) is 6.18. The lowest BCUT2D eigenvalue weighted by Crippen LogP contribution is -2.37. The summed E-state index contributed by atoms with van der Waals surface area (Å²) >= 11 is 0. The van der Waals surface area contributed by atoms with Gasteiger partial charge < -0.3 is 15.2 Å². The minimum atomic E-state index is 0.318. The van der Waals surface area contributed by atoms with Crippen LogP contribution in [0.25, 0.3) is 0 Å². The van der Waals surface area contributed by atoms with Gasteiger partial charge in [0.05, 0.1) is 18.9 Å². The lowest BCUT2D eigenvalue weighted by molar-refractivity contribution is 0.0378. The van der Waals surface area contributed by atoms with Crippen LogP contribution in [0.5, 0.6) is 5.75 Å². The van der Waals surface area contributed by atoms with Gasteiger partial charge in [0.15, 0.2) is 0 Å². The topological polar surface area (TPSA) is 44.7 Å². The van der Waals surface area contributed by atoms with Crippen LogP contribution in [0.1, 0.15) is 6.42 Å². The third-order valence-corrected chi connectivity index (χ3v) is 2.97. The molecule has 2 N–H and O–H groups in total. The van der Waals surface area contributed by atoms with Gasteiger partial charge in [-0.25, -0.2) is 0 Å². The number of ether oxygens (including phenoxy) is 1. The van der Waals surface area contributed by atoms with Gasteiger partial charge in [-0.2, -0.15) is 0 Å². The molecule has 0 bridgehead atoms. The molecule has 1 aromatic rings. The molecule has 2 rings (SSSR count). The Morgan fingerprint density at radius 3 is 2.76 bits per heavy atom. The largest absolute Gasteiger partial charge is 0.506 e. The second-order valence-electron chi connectivity index (χ2n) is 4.25. The van der Waals surface area contributed by atoms with Crippen molar-refractivity contribution < 1.29 is 9.84 Å². The molecular formula is C13H20N2O2. The van der Waals surface area contributed by atoms with Gasteiger partial charge in [0.1, 0.15) is 5.75 Å². The molecule has 94 valence electrons. The maximum absolute atomic E-state index is 9.57. The molecule has 17 heavy (non-hydrogen) atoms. The van der Waals surface area contributed by atoms with Crippen molar-refractivity contribution in [3.63, 3.8) is 0 Å². The number of anilines is 1. The average molecular weight is 236 g/mol. The molecule has 0 unspecified atom stereocenters. The van der Waals surface area contributed by atoms with Crippen LogP contribution in [0.2, 0.25) is 0 Å². The van der Waals surface area contributed by atoms with Crippen LogP contribution in [-0.2, 0) is 4.74 Å². The number of hydrogen-bond donors (Lipinski definition) is 2. The molecule has 1 saturated heterocycles. The molecule has 0 saturated carbocycles. The predicted octanol–water partition coefficient (Wildman–Crippen LogP) is 1.53. The first-order chi connectivity index (χ1) is 8.36. The van der Waals surface area contributed by atoms with E-state index in [4.69, 9.17) is 4.74 Å². The summed E-state index contributed by atoms with van der Waals surface area (Å²) < 4.78 is 5.30. The molecule has 0 amide bonds. The van der Waals surface area contributed by atoms with Gasteiger partial charge in [0, 0.05) is 19.6 Å². The van der Waals surface area contributed by atoms with Crippen LogP contribution in [0, 0.1) is 0 Å². The molecule has 0 spiro atoms. The van der Waals surface area contributed by atoms with Crippen molar-refractivity contribution >= 4 is 5.69 Å². The van der Waals surface area contributed by atoms with Gasteiger partial charge in [0.25, 0.3) is 0 Å². The highest BCUT2D eigenvalue weighted by Gasteiger charge is 2.09. The van der Waals surface area contributed by atoms with E-state index in [0.717, 1.165) is 51.5 Å². The van der Waals surface area contributed by atoms with Crippen molar-refractivity contribution in [2.45, 2.75) is 6.42 Å². The highest BCUT2D eigenvalue weighted by Crippen LogP contribution is 2.21. The quantitative estimate of drug-likeness (QED) is 0.601. The van der Waals surface area contributed by atoms with E-state index in [1.165, 1.54) is 0 Å². The van der Waals surface area contributed by atoms with E-state index in [0.29, 0.717) is 5.75 Å². The van der Waals surface area contributed by atoms with Gasteiger partial charge in [0.2, 0.25) is 0 Å². The minimum Gasteiger partial charge on any atom is -0.506 e. The summed E-state index contributed by atoms with van der Waals surface area (Å²) in [6.45, 7) is 5.76. The molecule has 1 heterocycles. The van der Waals surface area contributed by atoms with Crippen LogP contribution >= 0.6 is 0 Å². The van der Waals surface area contributed by atoms with Crippen molar-refractivity contribution in [2.75, 3.05) is 44.7 Å². The van der Waals surface area contributed by atoms with Crippen LogP contribution in [0.4, 0.5) is 5.69 Å². The molecule has 0 aliphatic carbocycles. The Morgan fingerprint density at radius 1 is 1.24 bits per heavy atom. The number of aromatic hydroxyl groups is 1. The number of rotatable bonds is 5. The Hall–Kier alpha value is -1.26. The molecule has 0 radical (unpaired) electrons. The van der Waals surface area contributed by atoms with E-state index in [1.54, 1.807) is 6.07 Å². The zero-order chi connectivity index (χ0) is 11.9. The van der Waals surface area contributed by atoms with Crippen LogP contribution in [0.3, 0.4) is 0 Å². The molecule has 1 aromatic carbocycles. The number of benzene rings is 1. The minimum absolute atomic E-state index is 0.318. The summed E-state index contributed by atoms with van der Waals surface area (Å²) in [5, 5.41) is 12.8. The van der Waals surface area contributed by atoms with Gasteiger partial charge in [-0.05, 0) is 25.1 Å². The third-order valence-electron chi connectivity index (χ3n) is 2.97. The van der Waals surface area contributed by atoms with Crippen molar-refractivity contribution in [1.29, 1.82) is 0 Å². The van der Waals surface area contributed by atoms with Crippen molar-refractivity contribution in [3.05, 3.63) is 24.3 Å². The first-order valence-corrected chi connectivity index (χ1v) is 6.18. The van der Waals surface area contributed by atoms with E-state index in [2.05, 4.69) is 10.2 Å². The van der Waals surface area contributed by atoms with Crippen LogP contribution in [-0.4, -0.2) is 49.4 Å². The number of phenolic OH excluding ortho intramolecular Hbond substituents is 1. The number of nitrogens with zero attached hydrogens (tertiary/aromatic N) is 1. The molecule has 0 aromatic heterocycles. The fourth-order valence-corrected chi connectivity index (χ4v) is 1.97. The first kappa shape index (κ1) is 12.2. The Morgan fingerprint density at radius 2 is 2.00 bits per heavy atom. The number of phenols is 1. The van der Waals surface area contributed by atoms with E-state index in [9.17, 15) is 5.11 Å². The van der Waals surface area contributed by atoms with E-state index >= 15 is 0 Å². The second kappa shape index (κ2) is 6.47. The summed E-state index contributed by atoms with van der Waals surface area (Å²) in [6.07, 6.45) is 1.08. The molecule has 0 atom stereocenters. The maximum atomic E-state index is 9.57. The smallest absolute Gasteiger partial charge is 0.138 e. The highest BCUT2D eigenvalue weighted by molar-refractivity contribution is 5.54. The molecule has 1 aliphatic heterocycles. The Balaban J connectivity index is 1.64. The SMILES string of the molecule is Oc1ccccc1NCCCN1CCOCC1. The predicted molar refractivity (Wildman–Crippen MR) is 68.5 cm³/mol. The number of morpholine rings is 1. The molecule has 4 nitrogen and oxygen atoms in total. The molecular weight excluding hydrogens is 216 g/mol. The van der Waals surface area contributed by atoms with Crippen LogP contribution in [0.15, 0.2) is 24.3 Å². The fourth-order valence-electron chi connectivity index (χ4n) is 1.97. The number of nitrogens with one attached hydrogen (secondary N) is 1. The zero-order valence-electron chi connectivity index (χ0n) is 10.1. The lowest BCUT2D eigenvalue weighted by Gasteiger charge is -2.26. The van der Waals surface area contributed by atoms with Gasteiger partial charge >= 0.3 is 0 Å². The molecule has 1 aliphatic rings. The maximum Gasteiger partial charge on any atom is 0.138 e. The Bertz CT molecular complexity index is 338. The van der Waals surface area contributed by atoms with Crippen LogP contribution < -0.4 is 5.32 Å². The summed E-state index contributed by atoms with van der Waals surface area (Å²) in [7, 11) is 0. The second-order valence-corrected chi connectivity index (χ2v) is 4.25. The van der Waals surface area contributed by atoms with Gasteiger partial charge in [-0.1, -0.05) is 12.1 Å². The highest BCUT2D eigenvalue weighted by atomic mass is 16.5. The van der Waals surface area contributed by atoms with Crippen molar-refractivity contribution in [3.8, 4) is 5.75 Å². The van der Waals surface area contributed by atoms with E-state index < -0.39 is 0 Å².